The lowest BCUT2D eigenvalue weighted by Crippen LogP contribution is -2.38. The largest absolute Gasteiger partial charge is 0.361 e. The van der Waals surface area contributed by atoms with Crippen molar-refractivity contribution in [3.05, 3.63) is 52.9 Å². The molecule has 1 aliphatic heterocycles. The molecule has 2 heterocycles. The molecule has 0 radical (unpaired) electrons. The lowest BCUT2D eigenvalue weighted by Gasteiger charge is -2.32. The molecule has 1 fully saturated rings. The normalized spacial score (nSPS) is 14.7. The second kappa shape index (κ2) is 10.4. The number of likely N-dealkylation sites (tertiary alicyclic amines) is 1. The van der Waals surface area contributed by atoms with Crippen LogP contribution < -0.4 is 0 Å². The van der Waals surface area contributed by atoms with Crippen molar-refractivity contribution in [3.8, 4) is 0 Å². The summed E-state index contributed by atoms with van der Waals surface area (Å²) >= 11 is 0. The first kappa shape index (κ1) is 22.1. The third-order valence-corrected chi connectivity index (χ3v) is 6.19. The molecule has 0 aliphatic carbocycles. The molecule has 6 nitrogen and oxygen atoms in total. The molecule has 1 aromatic carbocycles. The number of carbonyl (C=O) groups is 2. The maximum atomic E-state index is 12.6. The quantitative estimate of drug-likeness (QED) is 0.661. The van der Waals surface area contributed by atoms with Crippen molar-refractivity contribution in [2.75, 3.05) is 20.1 Å². The zero-order valence-corrected chi connectivity index (χ0v) is 18.4. The number of hydrogen-bond donors (Lipinski definition) is 0. The van der Waals surface area contributed by atoms with Crippen LogP contribution in [0.15, 0.2) is 34.9 Å². The molecule has 1 aliphatic rings. The molecule has 6 heteroatoms. The molecule has 0 spiro atoms. The number of rotatable bonds is 8. The number of hydrogen-bond acceptors (Lipinski definition) is 4. The molecule has 30 heavy (non-hydrogen) atoms. The Morgan fingerprint density at radius 2 is 1.83 bits per heavy atom. The summed E-state index contributed by atoms with van der Waals surface area (Å²) in [6.45, 7) is 6.04. The van der Waals surface area contributed by atoms with Crippen molar-refractivity contribution >= 4 is 11.8 Å². The molecule has 3 rings (SSSR count). The van der Waals surface area contributed by atoms with Gasteiger partial charge in [0.05, 0.1) is 5.69 Å². The Balaban J connectivity index is 1.36. The first-order valence-corrected chi connectivity index (χ1v) is 10.9. The smallest absolute Gasteiger partial charge is 0.222 e. The highest BCUT2D eigenvalue weighted by Gasteiger charge is 2.24. The predicted octanol–water partition coefficient (Wildman–Crippen LogP) is 3.90. The summed E-state index contributed by atoms with van der Waals surface area (Å²) in [5, 5.41) is 3.96. The van der Waals surface area contributed by atoms with Gasteiger partial charge in [0.1, 0.15) is 5.76 Å². The molecule has 2 amide bonds. The van der Waals surface area contributed by atoms with Gasteiger partial charge in [-0.1, -0.05) is 35.5 Å². The zero-order chi connectivity index (χ0) is 21.5. The summed E-state index contributed by atoms with van der Waals surface area (Å²) in [6, 6.07) is 10.1. The first-order chi connectivity index (χ1) is 14.4. The van der Waals surface area contributed by atoms with Gasteiger partial charge in [0.15, 0.2) is 0 Å². The molecule has 0 unspecified atom stereocenters. The van der Waals surface area contributed by atoms with Crippen LogP contribution in [0.4, 0.5) is 0 Å². The third-order valence-electron chi connectivity index (χ3n) is 6.19. The molecule has 0 bridgehead atoms. The Labute approximate surface area is 179 Å². The highest BCUT2D eigenvalue weighted by molar-refractivity contribution is 5.77. The minimum absolute atomic E-state index is 0.192. The van der Waals surface area contributed by atoms with Crippen LogP contribution in [0.25, 0.3) is 0 Å². The molecule has 0 N–H and O–H groups in total. The summed E-state index contributed by atoms with van der Waals surface area (Å²) in [5.41, 5.74) is 3.08. The van der Waals surface area contributed by atoms with Crippen LogP contribution in [-0.4, -0.2) is 46.9 Å². The Morgan fingerprint density at radius 1 is 1.13 bits per heavy atom. The molecule has 2 aromatic rings. The molecular formula is C24H33N3O3. The number of amides is 2. The van der Waals surface area contributed by atoms with Crippen molar-refractivity contribution in [2.45, 2.75) is 58.9 Å². The van der Waals surface area contributed by atoms with Crippen molar-refractivity contribution in [3.63, 3.8) is 0 Å². The summed E-state index contributed by atoms with van der Waals surface area (Å²) in [7, 11) is 1.87. The van der Waals surface area contributed by atoms with Gasteiger partial charge in [-0.3, -0.25) is 9.59 Å². The Bertz CT molecular complexity index is 819. The van der Waals surface area contributed by atoms with Crippen molar-refractivity contribution in [1.82, 2.24) is 15.0 Å². The van der Waals surface area contributed by atoms with Crippen molar-refractivity contribution in [2.24, 2.45) is 5.92 Å². The number of piperidine rings is 1. The molecule has 1 saturated heterocycles. The average molecular weight is 412 g/mol. The molecule has 0 saturated carbocycles. The number of nitrogens with zero attached hydrogens (tertiary/aromatic N) is 3. The van der Waals surface area contributed by atoms with Gasteiger partial charge in [-0.05, 0) is 51.0 Å². The summed E-state index contributed by atoms with van der Waals surface area (Å²) < 4.78 is 5.18. The van der Waals surface area contributed by atoms with Crippen LogP contribution in [0.5, 0.6) is 0 Å². The van der Waals surface area contributed by atoms with E-state index in [2.05, 4.69) is 5.16 Å². The topological polar surface area (TPSA) is 66.7 Å². The van der Waals surface area contributed by atoms with Gasteiger partial charge in [0.2, 0.25) is 11.8 Å². The number of aromatic nitrogens is 1. The lowest BCUT2D eigenvalue weighted by atomic mass is 9.91. The van der Waals surface area contributed by atoms with E-state index in [1.165, 1.54) is 0 Å². The van der Waals surface area contributed by atoms with E-state index < -0.39 is 0 Å². The fraction of sp³-hybridized carbons (Fsp3) is 0.542. The van der Waals surface area contributed by atoms with E-state index in [1.54, 1.807) is 0 Å². The fourth-order valence-corrected chi connectivity index (χ4v) is 4.18. The van der Waals surface area contributed by atoms with E-state index in [-0.39, 0.29) is 11.8 Å². The predicted molar refractivity (Wildman–Crippen MR) is 116 cm³/mol. The number of carbonyl (C=O) groups excluding carboxylic acids is 2. The van der Waals surface area contributed by atoms with E-state index in [0.717, 1.165) is 54.9 Å². The second-order valence-electron chi connectivity index (χ2n) is 8.40. The first-order valence-electron chi connectivity index (χ1n) is 10.9. The van der Waals surface area contributed by atoms with E-state index in [4.69, 9.17) is 4.52 Å². The Morgan fingerprint density at radius 3 is 2.47 bits per heavy atom. The van der Waals surface area contributed by atoms with Gasteiger partial charge in [0.25, 0.3) is 0 Å². The SMILES string of the molecule is Cc1noc(C)c1CCC(=O)N1CCC(CCC(=O)N(C)Cc2ccccc2)CC1. The van der Waals surface area contributed by atoms with Gasteiger partial charge in [-0.15, -0.1) is 0 Å². The van der Waals surface area contributed by atoms with Crippen LogP contribution in [0.1, 0.15) is 54.7 Å². The standard InChI is InChI=1S/C24H33N3O3/c1-18-22(19(2)30-25-18)10-12-24(29)27-15-13-20(14-16-27)9-11-23(28)26(3)17-21-7-5-4-6-8-21/h4-8,20H,9-17H2,1-3H3. The number of benzene rings is 1. The maximum absolute atomic E-state index is 12.6. The van der Waals surface area contributed by atoms with Gasteiger partial charge in [-0.25, -0.2) is 0 Å². The molecule has 0 atom stereocenters. The minimum atomic E-state index is 0.192. The molecule has 1 aromatic heterocycles. The zero-order valence-electron chi connectivity index (χ0n) is 18.4. The number of aryl methyl sites for hydroxylation is 2. The van der Waals surface area contributed by atoms with E-state index in [0.29, 0.717) is 31.7 Å². The highest BCUT2D eigenvalue weighted by atomic mass is 16.5. The van der Waals surface area contributed by atoms with E-state index in [1.807, 2.05) is 61.0 Å². The summed E-state index contributed by atoms with van der Waals surface area (Å²) in [6.07, 6.45) is 4.62. The van der Waals surface area contributed by atoms with Gasteiger partial charge in [-0.2, -0.15) is 0 Å². The fourth-order valence-electron chi connectivity index (χ4n) is 4.18. The van der Waals surface area contributed by atoms with Crippen molar-refractivity contribution < 1.29 is 14.1 Å². The maximum Gasteiger partial charge on any atom is 0.222 e. The third kappa shape index (κ3) is 5.94. The van der Waals surface area contributed by atoms with E-state index >= 15 is 0 Å². The van der Waals surface area contributed by atoms with Crippen LogP contribution in [0.2, 0.25) is 0 Å². The average Bonchev–Trinajstić information content (AvgIpc) is 3.08. The second-order valence-corrected chi connectivity index (χ2v) is 8.40. The summed E-state index contributed by atoms with van der Waals surface area (Å²) in [5.74, 6) is 1.72. The summed E-state index contributed by atoms with van der Waals surface area (Å²) in [4.78, 5) is 28.8. The lowest BCUT2D eigenvalue weighted by molar-refractivity contribution is -0.133. The highest BCUT2D eigenvalue weighted by Crippen LogP contribution is 2.23. The minimum Gasteiger partial charge on any atom is -0.361 e. The van der Waals surface area contributed by atoms with Crippen molar-refractivity contribution in [1.29, 1.82) is 0 Å². The molecular weight excluding hydrogens is 378 g/mol. The van der Waals surface area contributed by atoms with Crippen LogP contribution >= 0.6 is 0 Å². The van der Waals surface area contributed by atoms with Crippen LogP contribution in [0, 0.1) is 19.8 Å². The van der Waals surface area contributed by atoms with Gasteiger partial charge < -0.3 is 14.3 Å². The van der Waals surface area contributed by atoms with E-state index in [9.17, 15) is 9.59 Å². The van der Waals surface area contributed by atoms with Crippen LogP contribution in [-0.2, 0) is 22.6 Å². The van der Waals surface area contributed by atoms with Gasteiger partial charge >= 0.3 is 0 Å². The van der Waals surface area contributed by atoms with Gasteiger partial charge in [0, 0.05) is 45.1 Å². The molecule has 162 valence electrons. The monoisotopic (exact) mass is 411 g/mol. The van der Waals surface area contributed by atoms with Crippen LogP contribution in [0.3, 0.4) is 0 Å². The Hall–Kier alpha value is -2.63. The Kier molecular flexibility index (Phi) is 7.66.